The Bertz CT molecular complexity index is 685. The standard InChI is InChI=1S/C13H16BrClN2O3S/c1-8(2)13(3,7-16)17-21(18,19)12-6-10(15)11(20-4)5-9(12)14/h5-6,8,17H,1-4H3. The zero-order chi connectivity index (χ0) is 16.4. The molecule has 1 aromatic carbocycles. The van der Waals surface area contributed by atoms with Crippen molar-refractivity contribution in [1.82, 2.24) is 4.72 Å². The zero-order valence-corrected chi connectivity index (χ0v) is 15.2. The molecule has 1 aromatic rings. The molecule has 0 saturated heterocycles. The first kappa shape index (κ1) is 18.2. The summed E-state index contributed by atoms with van der Waals surface area (Å²) >= 11 is 9.16. The van der Waals surface area contributed by atoms with Crippen LogP contribution in [0.5, 0.6) is 5.75 Å². The Hall–Kier alpha value is -0.810. The minimum Gasteiger partial charge on any atom is -0.495 e. The number of nitriles is 1. The number of ether oxygens (including phenoxy) is 1. The second kappa shape index (κ2) is 6.53. The molecule has 0 bridgehead atoms. The lowest BCUT2D eigenvalue weighted by Crippen LogP contribution is -2.48. The molecule has 0 heterocycles. The van der Waals surface area contributed by atoms with Gasteiger partial charge in [-0.2, -0.15) is 9.98 Å². The van der Waals surface area contributed by atoms with Crippen LogP contribution in [0, 0.1) is 17.2 Å². The van der Waals surface area contributed by atoms with E-state index >= 15 is 0 Å². The Morgan fingerprint density at radius 1 is 1.48 bits per heavy atom. The van der Waals surface area contributed by atoms with Crippen molar-refractivity contribution in [3.63, 3.8) is 0 Å². The summed E-state index contributed by atoms with van der Waals surface area (Å²) in [4.78, 5) is -0.0459. The molecular formula is C13H16BrClN2O3S. The molecule has 0 radical (unpaired) electrons. The molecule has 0 amide bonds. The molecule has 5 nitrogen and oxygen atoms in total. The number of hydrogen-bond donors (Lipinski definition) is 1. The fourth-order valence-electron chi connectivity index (χ4n) is 1.48. The first-order valence-electron chi connectivity index (χ1n) is 6.05. The summed E-state index contributed by atoms with van der Waals surface area (Å²) in [6, 6.07) is 4.75. The maximum absolute atomic E-state index is 12.5. The summed E-state index contributed by atoms with van der Waals surface area (Å²) in [5, 5.41) is 9.41. The molecule has 116 valence electrons. The normalized spacial score (nSPS) is 14.6. The molecule has 1 unspecified atom stereocenters. The Balaban J connectivity index is 3.34. The van der Waals surface area contributed by atoms with Crippen molar-refractivity contribution in [2.45, 2.75) is 31.2 Å². The summed E-state index contributed by atoms with van der Waals surface area (Å²) in [5.74, 6) is 0.152. The Labute approximate surface area is 138 Å². The molecule has 0 aliphatic rings. The highest BCUT2D eigenvalue weighted by molar-refractivity contribution is 9.10. The number of benzene rings is 1. The van der Waals surface area contributed by atoms with Crippen molar-refractivity contribution >= 4 is 37.6 Å². The molecule has 0 aliphatic heterocycles. The van der Waals surface area contributed by atoms with Crippen LogP contribution in [0.15, 0.2) is 21.5 Å². The quantitative estimate of drug-likeness (QED) is 0.829. The highest BCUT2D eigenvalue weighted by atomic mass is 79.9. The molecule has 1 atom stereocenters. The van der Waals surface area contributed by atoms with Gasteiger partial charge in [0.25, 0.3) is 0 Å². The SMILES string of the molecule is COc1cc(Br)c(S(=O)(=O)NC(C)(C#N)C(C)C)cc1Cl. The molecule has 21 heavy (non-hydrogen) atoms. The van der Waals surface area contributed by atoms with Crippen LogP contribution < -0.4 is 9.46 Å². The van der Waals surface area contributed by atoms with E-state index in [0.29, 0.717) is 10.2 Å². The van der Waals surface area contributed by atoms with E-state index in [4.69, 9.17) is 16.3 Å². The predicted molar refractivity (Wildman–Crippen MR) is 84.9 cm³/mol. The second-order valence-electron chi connectivity index (χ2n) is 4.99. The number of halogens is 2. The minimum absolute atomic E-state index is 0.0459. The largest absolute Gasteiger partial charge is 0.495 e. The number of hydrogen-bond acceptors (Lipinski definition) is 4. The molecule has 0 aromatic heterocycles. The summed E-state index contributed by atoms with van der Waals surface area (Å²) in [7, 11) is -2.48. The van der Waals surface area contributed by atoms with Gasteiger partial charge in [-0.25, -0.2) is 8.42 Å². The van der Waals surface area contributed by atoms with Gasteiger partial charge in [-0.3, -0.25) is 0 Å². The van der Waals surface area contributed by atoms with Gasteiger partial charge in [0.2, 0.25) is 10.0 Å². The third kappa shape index (κ3) is 3.89. The van der Waals surface area contributed by atoms with Gasteiger partial charge in [0.05, 0.1) is 23.1 Å². The number of nitrogens with zero attached hydrogens (tertiary/aromatic N) is 1. The van der Waals surface area contributed by atoms with Gasteiger partial charge in [0.1, 0.15) is 11.3 Å². The van der Waals surface area contributed by atoms with Gasteiger partial charge in [-0.1, -0.05) is 25.4 Å². The van der Waals surface area contributed by atoms with Crippen LogP contribution in [-0.2, 0) is 10.0 Å². The van der Waals surface area contributed by atoms with E-state index in [2.05, 4.69) is 20.7 Å². The second-order valence-corrected chi connectivity index (χ2v) is 7.90. The Kier molecular flexibility index (Phi) is 5.67. The van der Waals surface area contributed by atoms with Crippen molar-refractivity contribution in [3.8, 4) is 11.8 Å². The first-order chi connectivity index (χ1) is 9.57. The third-order valence-electron chi connectivity index (χ3n) is 3.23. The average molecular weight is 396 g/mol. The van der Waals surface area contributed by atoms with E-state index in [9.17, 15) is 13.7 Å². The van der Waals surface area contributed by atoms with Crippen LogP contribution in [0.4, 0.5) is 0 Å². The van der Waals surface area contributed by atoms with Gasteiger partial charge >= 0.3 is 0 Å². The molecule has 0 saturated carbocycles. The van der Waals surface area contributed by atoms with Crippen LogP contribution in [0.3, 0.4) is 0 Å². The van der Waals surface area contributed by atoms with Crippen molar-refractivity contribution in [3.05, 3.63) is 21.6 Å². The van der Waals surface area contributed by atoms with E-state index in [1.807, 2.05) is 6.07 Å². The third-order valence-corrected chi connectivity index (χ3v) is 6.05. The monoisotopic (exact) mass is 394 g/mol. The number of nitrogens with one attached hydrogen (secondary N) is 1. The maximum Gasteiger partial charge on any atom is 0.243 e. The van der Waals surface area contributed by atoms with Gasteiger partial charge in [0.15, 0.2) is 0 Å². The van der Waals surface area contributed by atoms with Crippen LogP contribution in [0.1, 0.15) is 20.8 Å². The molecule has 8 heteroatoms. The number of sulfonamides is 1. The molecule has 1 N–H and O–H groups in total. The minimum atomic E-state index is -3.91. The van der Waals surface area contributed by atoms with Crippen LogP contribution >= 0.6 is 27.5 Å². The molecule has 0 aliphatic carbocycles. The smallest absolute Gasteiger partial charge is 0.243 e. The number of rotatable bonds is 5. The first-order valence-corrected chi connectivity index (χ1v) is 8.71. The highest BCUT2D eigenvalue weighted by Gasteiger charge is 2.35. The highest BCUT2D eigenvalue weighted by Crippen LogP contribution is 2.34. The lowest BCUT2D eigenvalue weighted by molar-refractivity contribution is 0.388. The maximum atomic E-state index is 12.5. The van der Waals surface area contributed by atoms with E-state index in [1.54, 1.807) is 13.8 Å². The topological polar surface area (TPSA) is 79.2 Å². The van der Waals surface area contributed by atoms with Crippen molar-refractivity contribution in [2.24, 2.45) is 5.92 Å². The Morgan fingerprint density at radius 2 is 2.05 bits per heavy atom. The molecular weight excluding hydrogens is 380 g/mol. The average Bonchev–Trinajstić information content (AvgIpc) is 2.39. The van der Waals surface area contributed by atoms with Crippen molar-refractivity contribution < 1.29 is 13.2 Å². The van der Waals surface area contributed by atoms with Gasteiger partial charge in [-0.05, 0) is 40.9 Å². The van der Waals surface area contributed by atoms with Crippen LogP contribution in [0.25, 0.3) is 0 Å². The molecule has 0 spiro atoms. The van der Waals surface area contributed by atoms with Crippen molar-refractivity contribution in [1.29, 1.82) is 5.26 Å². The summed E-state index contributed by atoms with van der Waals surface area (Å²) in [6.07, 6.45) is 0. The van der Waals surface area contributed by atoms with E-state index in [-0.39, 0.29) is 15.8 Å². The van der Waals surface area contributed by atoms with E-state index in [0.717, 1.165) is 0 Å². The van der Waals surface area contributed by atoms with Crippen LogP contribution in [0.2, 0.25) is 5.02 Å². The van der Waals surface area contributed by atoms with Crippen molar-refractivity contribution in [2.75, 3.05) is 7.11 Å². The van der Waals surface area contributed by atoms with Gasteiger partial charge < -0.3 is 4.74 Å². The Morgan fingerprint density at radius 3 is 2.48 bits per heavy atom. The van der Waals surface area contributed by atoms with E-state index in [1.165, 1.54) is 26.2 Å². The fourth-order valence-corrected chi connectivity index (χ4v) is 4.28. The molecule has 0 fully saturated rings. The van der Waals surface area contributed by atoms with Gasteiger partial charge in [0, 0.05) is 4.47 Å². The lowest BCUT2D eigenvalue weighted by atomic mass is 9.92. The molecule has 1 rings (SSSR count). The number of methoxy groups -OCH3 is 1. The summed E-state index contributed by atoms with van der Waals surface area (Å²) < 4.78 is 32.7. The lowest BCUT2D eigenvalue weighted by Gasteiger charge is -2.27. The van der Waals surface area contributed by atoms with Gasteiger partial charge in [-0.15, -0.1) is 0 Å². The zero-order valence-electron chi connectivity index (χ0n) is 12.1. The van der Waals surface area contributed by atoms with E-state index < -0.39 is 15.6 Å². The van der Waals surface area contributed by atoms with Crippen LogP contribution in [-0.4, -0.2) is 21.1 Å². The summed E-state index contributed by atoms with van der Waals surface area (Å²) in [6.45, 7) is 5.07. The predicted octanol–water partition coefficient (Wildman–Crippen LogP) is 3.33. The summed E-state index contributed by atoms with van der Waals surface area (Å²) in [5.41, 5.74) is -1.22. The fraction of sp³-hybridized carbons (Fsp3) is 0.462.